The van der Waals surface area contributed by atoms with E-state index < -0.39 is 24.6 Å². The number of nitrogens with one attached hydrogen (secondary N) is 1. The largest absolute Gasteiger partial charge is 0.433 e. The van der Waals surface area contributed by atoms with Gasteiger partial charge in [-0.1, -0.05) is 6.92 Å². The second kappa shape index (κ2) is 6.47. The molecule has 124 valence electrons. The lowest BCUT2D eigenvalue weighted by atomic mass is 10.2. The molecule has 1 fully saturated rings. The maximum Gasteiger partial charge on any atom is 0.308 e. The third kappa shape index (κ3) is 3.10. The van der Waals surface area contributed by atoms with Crippen molar-refractivity contribution in [1.29, 1.82) is 0 Å². The van der Waals surface area contributed by atoms with Crippen LogP contribution in [0.5, 0.6) is 0 Å². The van der Waals surface area contributed by atoms with E-state index >= 15 is 0 Å². The Hall–Kier alpha value is -2.26. The number of carbonyl (C=O) groups is 1. The molecule has 2 N–H and O–H groups in total. The summed E-state index contributed by atoms with van der Waals surface area (Å²) in [6.45, 7) is 1.86. The van der Waals surface area contributed by atoms with Crippen LogP contribution in [0.25, 0.3) is 11.2 Å². The minimum atomic E-state index is -1.30. The fourth-order valence-corrected chi connectivity index (χ4v) is 2.61. The van der Waals surface area contributed by atoms with Gasteiger partial charge in [0.2, 0.25) is 6.29 Å². The van der Waals surface area contributed by atoms with Crippen LogP contribution in [0.15, 0.2) is 17.4 Å². The lowest BCUT2D eigenvalue weighted by Gasteiger charge is -2.19. The number of esters is 1. The molecule has 3 rings (SSSR count). The molecule has 2 aromatic rings. The maximum atomic E-state index is 11.7. The predicted octanol–water partition coefficient (Wildman–Crippen LogP) is 0.459. The molecular weight excluding hydrogens is 304 g/mol. The Morgan fingerprint density at radius 1 is 1.57 bits per heavy atom. The molecule has 0 bridgehead atoms. The van der Waals surface area contributed by atoms with E-state index in [0.717, 1.165) is 0 Å². The van der Waals surface area contributed by atoms with Crippen molar-refractivity contribution >= 4 is 17.1 Å². The molecule has 0 amide bonds. The van der Waals surface area contributed by atoms with Crippen LogP contribution in [0.4, 0.5) is 0 Å². The molecule has 2 aromatic heterocycles. The predicted molar refractivity (Wildman–Crippen MR) is 78.3 cm³/mol. The Morgan fingerprint density at radius 3 is 3.17 bits per heavy atom. The number of aromatic amines is 1. The lowest BCUT2D eigenvalue weighted by Crippen LogP contribution is -2.31. The highest BCUT2D eigenvalue weighted by molar-refractivity contribution is 5.69. The van der Waals surface area contributed by atoms with E-state index in [2.05, 4.69) is 15.0 Å². The molecule has 9 nitrogen and oxygen atoms in total. The molecule has 0 radical (unpaired) electrons. The zero-order chi connectivity index (χ0) is 16.4. The van der Waals surface area contributed by atoms with Gasteiger partial charge in [-0.05, 0) is 19.3 Å². The quantitative estimate of drug-likeness (QED) is 0.606. The van der Waals surface area contributed by atoms with Gasteiger partial charge >= 0.3 is 5.97 Å². The van der Waals surface area contributed by atoms with Crippen LogP contribution in [0.2, 0.25) is 0 Å². The first kappa shape index (κ1) is 15.6. The Balaban J connectivity index is 1.70. The Bertz CT molecular complexity index is 755. The van der Waals surface area contributed by atoms with Crippen molar-refractivity contribution in [2.24, 2.45) is 0 Å². The van der Waals surface area contributed by atoms with Crippen molar-refractivity contribution in [1.82, 2.24) is 19.5 Å². The highest BCUT2D eigenvalue weighted by Crippen LogP contribution is 2.31. The first-order chi connectivity index (χ1) is 11.1. The average Bonchev–Trinajstić information content (AvgIpc) is 3.14. The number of imidazole rings is 1. The van der Waals surface area contributed by atoms with E-state index in [1.807, 2.05) is 6.92 Å². The average molecular weight is 322 g/mol. The molecule has 1 aliphatic rings. The molecule has 0 spiro atoms. The third-order valence-corrected chi connectivity index (χ3v) is 3.73. The molecule has 0 aliphatic carbocycles. The standard InChI is InChI=1S/C14H18N4O5/c1-2-3-10(19)23-14(21)8-4-5-9(22-8)18-7-17-11-12(18)15-6-16-13(11)20/h6-9,14,21H,2-5H2,1H3,(H,15,16,20). The molecule has 23 heavy (non-hydrogen) atoms. The van der Waals surface area contributed by atoms with Gasteiger partial charge in [-0.15, -0.1) is 0 Å². The normalized spacial score (nSPS) is 22.3. The summed E-state index contributed by atoms with van der Waals surface area (Å²) in [5.41, 5.74) is 0.322. The highest BCUT2D eigenvalue weighted by Gasteiger charge is 2.34. The van der Waals surface area contributed by atoms with E-state index in [9.17, 15) is 14.7 Å². The van der Waals surface area contributed by atoms with Crippen LogP contribution < -0.4 is 5.56 Å². The lowest BCUT2D eigenvalue weighted by molar-refractivity contribution is -0.195. The fourth-order valence-electron chi connectivity index (χ4n) is 2.61. The minimum absolute atomic E-state index is 0.231. The van der Waals surface area contributed by atoms with Crippen molar-refractivity contribution in [3.05, 3.63) is 23.0 Å². The molecule has 0 saturated carbocycles. The number of aliphatic hydroxyl groups is 1. The zero-order valence-corrected chi connectivity index (χ0v) is 12.6. The van der Waals surface area contributed by atoms with Gasteiger partial charge in [-0.3, -0.25) is 14.2 Å². The number of H-pyrrole nitrogens is 1. The summed E-state index contributed by atoms with van der Waals surface area (Å²) in [5.74, 6) is -0.451. The van der Waals surface area contributed by atoms with Gasteiger partial charge in [0.1, 0.15) is 12.3 Å². The SMILES string of the molecule is CCCC(=O)OC(O)C1CCC(n2cnc3c(=O)[nH]cnc32)O1. The number of carbonyl (C=O) groups excluding carboxylic acids is 1. The third-order valence-electron chi connectivity index (χ3n) is 3.73. The molecule has 1 aliphatic heterocycles. The van der Waals surface area contributed by atoms with Gasteiger partial charge in [0.25, 0.3) is 5.56 Å². The maximum absolute atomic E-state index is 11.7. The second-order valence-corrected chi connectivity index (χ2v) is 5.39. The van der Waals surface area contributed by atoms with Crippen LogP contribution in [-0.4, -0.2) is 43.0 Å². The van der Waals surface area contributed by atoms with Gasteiger partial charge in [-0.25, -0.2) is 9.97 Å². The number of nitrogens with zero attached hydrogens (tertiary/aromatic N) is 3. The highest BCUT2D eigenvalue weighted by atomic mass is 16.7. The molecule has 3 unspecified atom stereocenters. The van der Waals surface area contributed by atoms with Crippen LogP contribution >= 0.6 is 0 Å². The van der Waals surface area contributed by atoms with Crippen LogP contribution in [0.1, 0.15) is 38.8 Å². The van der Waals surface area contributed by atoms with Crippen LogP contribution in [0, 0.1) is 0 Å². The van der Waals surface area contributed by atoms with Crippen LogP contribution in [0.3, 0.4) is 0 Å². The summed E-state index contributed by atoms with van der Waals surface area (Å²) < 4.78 is 12.3. The number of aromatic nitrogens is 4. The smallest absolute Gasteiger partial charge is 0.308 e. The van der Waals surface area contributed by atoms with Gasteiger partial charge in [-0.2, -0.15) is 0 Å². The Labute approximate surface area is 131 Å². The summed E-state index contributed by atoms with van der Waals surface area (Å²) in [6, 6.07) is 0. The van der Waals surface area contributed by atoms with Crippen molar-refractivity contribution in [3.8, 4) is 0 Å². The van der Waals surface area contributed by atoms with Crippen molar-refractivity contribution in [2.75, 3.05) is 0 Å². The van der Waals surface area contributed by atoms with Gasteiger partial charge in [0.05, 0.1) is 12.7 Å². The van der Waals surface area contributed by atoms with Gasteiger partial charge in [0.15, 0.2) is 11.2 Å². The monoisotopic (exact) mass is 322 g/mol. The van der Waals surface area contributed by atoms with E-state index in [1.165, 1.54) is 12.7 Å². The number of hydrogen-bond donors (Lipinski definition) is 2. The minimum Gasteiger partial charge on any atom is -0.433 e. The molecule has 0 aromatic carbocycles. The summed E-state index contributed by atoms with van der Waals surface area (Å²) >= 11 is 0. The van der Waals surface area contributed by atoms with Gasteiger partial charge < -0.3 is 19.6 Å². The molecule has 9 heteroatoms. The molecular formula is C14H18N4O5. The topological polar surface area (TPSA) is 119 Å². The number of aliphatic hydroxyl groups excluding tert-OH is 1. The van der Waals surface area contributed by atoms with E-state index in [4.69, 9.17) is 9.47 Å². The molecule has 1 saturated heterocycles. The van der Waals surface area contributed by atoms with E-state index in [-0.39, 0.29) is 17.5 Å². The Morgan fingerprint density at radius 2 is 2.39 bits per heavy atom. The van der Waals surface area contributed by atoms with E-state index in [1.54, 1.807) is 4.57 Å². The van der Waals surface area contributed by atoms with Crippen molar-refractivity contribution in [3.63, 3.8) is 0 Å². The summed E-state index contributed by atoms with van der Waals surface area (Å²) in [5, 5.41) is 9.96. The zero-order valence-electron chi connectivity index (χ0n) is 12.6. The summed E-state index contributed by atoms with van der Waals surface area (Å²) in [6.07, 6.45) is 2.48. The number of hydrogen-bond acceptors (Lipinski definition) is 7. The van der Waals surface area contributed by atoms with Crippen LogP contribution in [-0.2, 0) is 14.3 Å². The summed E-state index contributed by atoms with van der Waals surface area (Å²) in [4.78, 5) is 33.7. The molecule has 3 heterocycles. The first-order valence-corrected chi connectivity index (χ1v) is 7.53. The van der Waals surface area contributed by atoms with E-state index in [0.29, 0.717) is 24.9 Å². The van der Waals surface area contributed by atoms with Crippen molar-refractivity contribution in [2.45, 2.75) is 51.2 Å². The first-order valence-electron chi connectivity index (χ1n) is 7.53. The van der Waals surface area contributed by atoms with Crippen molar-refractivity contribution < 1.29 is 19.4 Å². The molecule has 3 atom stereocenters. The summed E-state index contributed by atoms with van der Waals surface area (Å²) in [7, 11) is 0. The fraction of sp³-hybridized carbons (Fsp3) is 0.571. The van der Waals surface area contributed by atoms with Gasteiger partial charge in [0, 0.05) is 6.42 Å². The second-order valence-electron chi connectivity index (χ2n) is 5.39. The Kier molecular flexibility index (Phi) is 4.39. The number of fused-ring (bicyclic) bond motifs is 1. The number of rotatable bonds is 5. The number of ether oxygens (including phenoxy) is 2.